The fraction of sp³-hybridized carbons (Fsp3) is 0.600. The Morgan fingerprint density at radius 2 is 2.19 bits per heavy atom. The molecule has 0 saturated carbocycles. The minimum atomic E-state index is -1.81. The molecule has 148 valence electrons. The number of carbonyl (C=O) groups excluding carboxylic acids is 2. The highest BCUT2D eigenvalue weighted by atomic mass is 16.6. The van der Waals surface area contributed by atoms with Gasteiger partial charge in [0.25, 0.3) is 0 Å². The monoisotopic (exact) mass is 378 g/mol. The van der Waals surface area contributed by atoms with Crippen LogP contribution >= 0.6 is 0 Å². The van der Waals surface area contributed by atoms with E-state index in [2.05, 4.69) is 6.58 Å². The second kappa shape index (κ2) is 6.89. The van der Waals surface area contributed by atoms with Crippen LogP contribution in [0.2, 0.25) is 0 Å². The molecule has 0 aliphatic carbocycles. The normalized spacial score (nSPS) is 40.9. The summed E-state index contributed by atoms with van der Waals surface area (Å²) in [6, 6.07) is 0. The predicted octanol–water partition coefficient (Wildman–Crippen LogP) is 1.40. The Balaban J connectivity index is 2.04. The number of esters is 2. The van der Waals surface area contributed by atoms with E-state index in [1.165, 1.54) is 12.2 Å². The zero-order valence-corrected chi connectivity index (χ0v) is 15.8. The molecule has 6 atom stereocenters. The van der Waals surface area contributed by atoms with Gasteiger partial charge < -0.3 is 24.4 Å². The summed E-state index contributed by atoms with van der Waals surface area (Å²) in [6.45, 7) is 8.75. The van der Waals surface area contributed by atoms with Crippen molar-refractivity contribution in [2.24, 2.45) is 11.8 Å². The Morgan fingerprint density at radius 1 is 1.48 bits per heavy atom. The first-order valence-corrected chi connectivity index (χ1v) is 9.17. The lowest BCUT2D eigenvalue weighted by molar-refractivity contribution is -0.192. The summed E-state index contributed by atoms with van der Waals surface area (Å²) in [5, 5.41) is 20.6. The number of aliphatic hydroxyl groups excluding tert-OH is 1. The molecule has 27 heavy (non-hydrogen) atoms. The third-order valence-corrected chi connectivity index (χ3v) is 5.60. The van der Waals surface area contributed by atoms with Crippen LogP contribution in [0.4, 0.5) is 0 Å². The van der Waals surface area contributed by atoms with Crippen LogP contribution in [-0.2, 0) is 23.8 Å². The molecule has 3 heterocycles. The molecule has 0 aromatic heterocycles. The van der Waals surface area contributed by atoms with Crippen molar-refractivity contribution >= 4 is 11.9 Å². The summed E-state index contributed by atoms with van der Waals surface area (Å²) in [7, 11) is 0. The van der Waals surface area contributed by atoms with E-state index in [4.69, 9.17) is 14.2 Å². The van der Waals surface area contributed by atoms with Gasteiger partial charge in [0.15, 0.2) is 0 Å². The average molecular weight is 378 g/mol. The largest absolute Gasteiger partial charge is 0.461 e. The first kappa shape index (κ1) is 19.8. The fourth-order valence-corrected chi connectivity index (χ4v) is 3.73. The average Bonchev–Trinajstić information content (AvgIpc) is 3.08. The van der Waals surface area contributed by atoms with Crippen molar-refractivity contribution in [3.63, 3.8) is 0 Å². The predicted molar refractivity (Wildman–Crippen MR) is 95.2 cm³/mol. The summed E-state index contributed by atoms with van der Waals surface area (Å²) in [6.07, 6.45) is 3.88. The standard InChI is InChI=1S/C20H26O7/c1-5-11(2)17(22)26-15-9-19(4)6-7-20(24,27-19)13(10-21)8-14-16(15)12(3)18(23)25-14/h6-8,11,14-16,21,24H,3,5,9-10H2,1-2,4H3/b13-8-/t11-,14-,15-,16+,19+,20-/m1/s1. The van der Waals surface area contributed by atoms with Crippen molar-refractivity contribution < 1.29 is 34.0 Å². The molecule has 0 spiro atoms. The van der Waals surface area contributed by atoms with Gasteiger partial charge in [-0.25, -0.2) is 4.79 Å². The molecule has 0 radical (unpaired) electrons. The molecule has 2 N–H and O–H groups in total. The fourth-order valence-electron chi connectivity index (χ4n) is 3.73. The summed E-state index contributed by atoms with van der Waals surface area (Å²) < 4.78 is 17.0. The van der Waals surface area contributed by atoms with E-state index in [9.17, 15) is 19.8 Å². The zero-order valence-electron chi connectivity index (χ0n) is 15.8. The SMILES string of the molecule is C=C1C(=O)O[C@@H]2/C=C(/CO)[C@@]3(O)C=C[C@@](C)(C[C@@H](OC(=O)[C@H](C)CC)[C@@H]12)O3. The van der Waals surface area contributed by atoms with E-state index in [-0.39, 0.29) is 29.5 Å². The van der Waals surface area contributed by atoms with Crippen molar-refractivity contribution in [1.29, 1.82) is 0 Å². The van der Waals surface area contributed by atoms with Crippen molar-refractivity contribution in [2.75, 3.05) is 6.61 Å². The van der Waals surface area contributed by atoms with Crippen LogP contribution < -0.4 is 0 Å². The van der Waals surface area contributed by atoms with Crippen LogP contribution in [0, 0.1) is 11.8 Å². The summed E-state index contributed by atoms with van der Waals surface area (Å²) in [4.78, 5) is 24.6. The van der Waals surface area contributed by atoms with Gasteiger partial charge in [-0.2, -0.15) is 0 Å². The molecule has 7 heteroatoms. The molecule has 7 nitrogen and oxygen atoms in total. The van der Waals surface area contributed by atoms with Gasteiger partial charge in [-0.15, -0.1) is 0 Å². The number of hydrogen-bond acceptors (Lipinski definition) is 7. The highest BCUT2D eigenvalue weighted by Crippen LogP contribution is 2.44. The van der Waals surface area contributed by atoms with Gasteiger partial charge in [0.1, 0.15) is 12.2 Å². The highest BCUT2D eigenvalue weighted by Gasteiger charge is 2.52. The van der Waals surface area contributed by atoms with E-state index < -0.39 is 42.1 Å². The smallest absolute Gasteiger partial charge is 0.334 e. The first-order chi connectivity index (χ1) is 12.6. The van der Waals surface area contributed by atoms with E-state index >= 15 is 0 Å². The van der Waals surface area contributed by atoms with E-state index in [0.717, 1.165) is 0 Å². The second-order valence-corrected chi connectivity index (χ2v) is 7.70. The molecular weight excluding hydrogens is 352 g/mol. The quantitative estimate of drug-likeness (QED) is 0.433. The molecule has 0 amide bonds. The number of carbonyl (C=O) groups is 2. The molecule has 2 bridgehead atoms. The zero-order chi connectivity index (χ0) is 20.0. The van der Waals surface area contributed by atoms with Gasteiger partial charge in [0.2, 0.25) is 5.79 Å². The molecule has 0 aromatic carbocycles. The third-order valence-electron chi connectivity index (χ3n) is 5.60. The van der Waals surface area contributed by atoms with Gasteiger partial charge in [0.05, 0.1) is 24.0 Å². The number of ether oxygens (including phenoxy) is 3. The van der Waals surface area contributed by atoms with Crippen molar-refractivity contribution in [2.45, 2.75) is 57.2 Å². The van der Waals surface area contributed by atoms with E-state index in [1.807, 2.05) is 6.92 Å². The van der Waals surface area contributed by atoms with Crippen LogP contribution in [0.1, 0.15) is 33.6 Å². The van der Waals surface area contributed by atoms with Gasteiger partial charge in [-0.1, -0.05) is 26.5 Å². The maximum Gasteiger partial charge on any atom is 0.334 e. The Morgan fingerprint density at radius 3 is 2.81 bits per heavy atom. The van der Waals surface area contributed by atoms with Crippen LogP contribution in [0.25, 0.3) is 0 Å². The molecule has 3 aliphatic heterocycles. The number of fused-ring (bicyclic) bond motifs is 3. The molecule has 1 saturated heterocycles. The van der Waals surface area contributed by atoms with Gasteiger partial charge >= 0.3 is 11.9 Å². The Bertz CT molecular complexity index is 724. The summed E-state index contributed by atoms with van der Waals surface area (Å²) in [5.74, 6) is -3.68. The number of rotatable bonds is 4. The molecule has 3 rings (SSSR count). The summed E-state index contributed by atoms with van der Waals surface area (Å²) >= 11 is 0. The maximum atomic E-state index is 12.5. The van der Waals surface area contributed by atoms with Crippen molar-refractivity contribution in [1.82, 2.24) is 0 Å². The first-order valence-electron chi connectivity index (χ1n) is 9.17. The highest BCUT2D eigenvalue weighted by molar-refractivity contribution is 5.91. The van der Waals surface area contributed by atoms with Crippen LogP contribution in [0.5, 0.6) is 0 Å². The van der Waals surface area contributed by atoms with Crippen LogP contribution in [-0.4, -0.2) is 52.4 Å². The molecule has 1 fully saturated rings. The minimum absolute atomic E-state index is 0.161. The Kier molecular flexibility index (Phi) is 5.05. The van der Waals surface area contributed by atoms with Crippen molar-refractivity contribution in [3.05, 3.63) is 36.0 Å². The third kappa shape index (κ3) is 3.47. The maximum absolute atomic E-state index is 12.5. The van der Waals surface area contributed by atoms with Crippen LogP contribution in [0.3, 0.4) is 0 Å². The van der Waals surface area contributed by atoms with E-state index in [0.29, 0.717) is 6.42 Å². The second-order valence-electron chi connectivity index (χ2n) is 7.70. The molecule has 3 aliphatic rings. The lowest BCUT2D eigenvalue weighted by atomic mass is 9.83. The lowest BCUT2D eigenvalue weighted by Crippen LogP contribution is -2.41. The number of aliphatic hydroxyl groups is 2. The van der Waals surface area contributed by atoms with Crippen molar-refractivity contribution in [3.8, 4) is 0 Å². The number of hydrogen-bond donors (Lipinski definition) is 2. The van der Waals surface area contributed by atoms with Crippen LogP contribution in [0.15, 0.2) is 36.0 Å². The summed E-state index contributed by atoms with van der Waals surface area (Å²) in [5.41, 5.74) is -0.591. The van der Waals surface area contributed by atoms with Gasteiger partial charge in [-0.05, 0) is 25.5 Å². The molecule has 0 unspecified atom stereocenters. The topological polar surface area (TPSA) is 102 Å². The van der Waals surface area contributed by atoms with Gasteiger partial charge in [-0.3, -0.25) is 4.79 Å². The Labute approximate surface area is 158 Å². The minimum Gasteiger partial charge on any atom is -0.461 e. The molecule has 0 aromatic rings. The van der Waals surface area contributed by atoms with Gasteiger partial charge in [0, 0.05) is 17.6 Å². The van der Waals surface area contributed by atoms with E-state index in [1.54, 1.807) is 19.9 Å². The Hall–Kier alpha value is -1.96. The lowest BCUT2D eigenvalue weighted by Gasteiger charge is -2.33. The molecular formula is C20H26O7.